The molecule has 0 aliphatic carbocycles. The Morgan fingerprint density at radius 2 is 0.488 bits per heavy atom. The third-order valence-corrected chi connectivity index (χ3v) is 18.6. The van der Waals surface area contributed by atoms with Gasteiger partial charge in [0.2, 0.25) is 0 Å². The molecule has 0 aliphatic rings. The molecule has 10 aromatic carbocycles. The highest BCUT2D eigenvalue weighted by molar-refractivity contribution is 6.17. The van der Waals surface area contributed by atoms with Crippen LogP contribution in [0.3, 0.4) is 0 Å². The second-order valence-corrected chi connectivity index (χ2v) is 29.4. The number of hydrogen-bond acceptors (Lipinski definition) is 1. The number of para-hydroxylation sites is 4. The number of nitrogens with zero attached hydrogens (tertiary/aromatic N) is 5. The Kier molecular flexibility index (Phi) is 12.1. The fourth-order valence-corrected chi connectivity index (χ4v) is 13.8. The molecule has 0 fully saturated rings. The van der Waals surface area contributed by atoms with E-state index in [0.29, 0.717) is 5.56 Å². The summed E-state index contributed by atoms with van der Waals surface area (Å²) < 4.78 is 9.99. The topological polar surface area (TPSA) is 43.5 Å². The first-order chi connectivity index (χ1) is 40.8. The van der Waals surface area contributed by atoms with Crippen LogP contribution < -0.4 is 0 Å². The molecule has 14 aromatic rings. The molecule has 0 saturated carbocycles. The maximum atomic E-state index is 13.2. The molecule has 5 heteroatoms. The highest BCUT2D eigenvalue weighted by Crippen LogP contribution is 2.53. The molecular weight excluding hydrogens is 1040 g/mol. The van der Waals surface area contributed by atoms with Gasteiger partial charge in [-0.3, -0.25) is 0 Å². The predicted octanol–water partition coefficient (Wildman–Crippen LogP) is 22.1. The second-order valence-electron chi connectivity index (χ2n) is 29.4. The average molecular weight is 1120 g/mol. The highest BCUT2D eigenvalue weighted by atomic mass is 15.1. The van der Waals surface area contributed by atoms with E-state index in [1.807, 2.05) is 0 Å². The van der Waals surface area contributed by atoms with Crippen molar-refractivity contribution < 1.29 is 0 Å². The van der Waals surface area contributed by atoms with Gasteiger partial charge in [-0.2, -0.15) is 5.26 Å². The van der Waals surface area contributed by atoms with Crippen LogP contribution in [0, 0.1) is 11.3 Å². The van der Waals surface area contributed by atoms with Crippen LogP contribution in [0.25, 0.3) is 121 Å². The standard InChI is InChI=1S/C81H77N5/c1-77(2,3)50-34-32-49(33-35-50)72-75(85-68-40-36-51(78(4,5)6)44-59(68)60-45-52(79(7,8)9)37-41-69(60)85)73(83-64-28-20-16-24-55(64)56-25-17-21-29-65(56)83)63(48-82)74(84-66-30-22-18-26-57(66)58-27-19-23-31-67(58)84)76(72)86-70-42-38-53(80(10,11)12)46-61(70)62-47-54(81(13,14)15)39-43-71(62)86/h16-47H,1-15H3. The number of rotatable bonds is 5. The molecule has 86 heavy (non-hydrogen) atoms. The maximum Gasteiger partial charge on any atom is 0.104 e. The lowest BCUT2D eigenvalue weighted by Crippen LogP contribution is -2.17. The number of benzene rings is 10. The van der Waals surface area contributed by atoms with Gasteiger partial charge in [0, 0.05) is 48.7 Å². The zero-order valence-electron chi connectivity index (χ0n) is 52.7. The molecule has 14 rings (SSSR count). The Bertz CT molecular complexity index is 4640. The smallest absolute Gasteiger partial charge is 0.104 e. The maximum absolute atomic E-state index is 13.2. The molecule has 0 bridgehead atoms. The van der Waals surface area contributed by atoms with Gasteiger partial charge in [0.05, 0.1) is 66.9 Å². The first-order valence-corrected chi connectivity index (χ1v) is 30.7. The molecular formula is C81H77N5. The minimum Gasteiger partial charge on any atom is -0.306 e. The summed E-state index contributed by atoms with van der Waals surface area (Å²) in [4.78, 5) is 0. The number of hydrogen-bond donors (Lipinski definition) is 0. The van der Waals surface area contributed by atoms with Crippen molar-refractivity contribution in [2.45, 2.75) is 131 Å². The first-order valence-electron chi connectivity index (χ1n) is 30.7. The van der Waals surface area contributed by atoms with Gasteiger partial charge >= 0.3 is 0 Å². The minimum atomic E-state index is -0.125. The van der Waals surface area contributed by atoms with Crippen LogP contribution in [0.15, 0.2) is 194 Å². The summed E-state index contributed by atoms with van der Waals surface area (Å²) >= 11 is 0. The highest BCUT2D eigenvalue weighted by Gasteiger charge is 2.36. The predicted molar refractivity (Wildman–Crippen MR) is 367 cm³/mol. The SMILES string of the molecule is CC(C)(C)c1ccc(-c2c(-n3c4ccc(C(C)(C)C)cc4c4cc(C(C)(C)C)ccc43)c(-n3c4ccccc4c4ccccc43)c(C#N)c(-n3c4ccccc4c4ccccc43)c2-n2c3ccc(C(C)(C)C)cc3c3cc(C(C)(C)C)ccc32)cc1. The molecule has 0 unspecified atom stereocenters. The largest absolute Gasteiger partial charge is 0.306 e. The van der Waals surface area contributed by atoms with Gasteiger partial charge in [0.15, 0.2) is 0 Å². The summed E-state index contributed by atoms with van der Waals surface area (Å²) in [7, 11) is 0. The van der Waals surface area contributed by atoms with Crippen molar-refractivity contribution >= 4 is 87.2 Å². The van der Waals surface area contributed by atoms with Gasteiger partial charge in [0.1, 0.15) is 11.6 Å². The van der Waals surface area contributed by atoms with E-state index >= 15 is 0 Å². The lowest BCUT2D eigenvalue weighted by Gasteiger charge is -2.30. The van der Waals surface area contributed by atoms with E-state index < -0.39 is 0 Å². The summed E-state index contributed by atoms with van der Waals surface area (Å²) in [5, 5.41) is 22.4. The zero-order chi connectivity index (χ0) is 60.3. The van der Waals surface area contributed by atoms with E-state index in [9.17, 15) is 5.26 Å². The van der Waals surface area contributed by atoms with Crippen LogP contribution in [-0.2, 0) is 27.1 Å². The fraction of sp³-hybridized carbons (Fsp3) is 0.247. The minimum absolute atomic E-state index is 0.123. The lowest BCUT2D eigenvalue weighted by molar-refractivity contribution is 0.590. The molecule has 0 amide bonds. The van der Waals surface area contributed by atoms with E-state index in [-0.39, 0.29) is 27.1 Å². The summed E-state index contributed by atoms with van der Waals surface area (Å²) in [5.41, 5.74) is 20.1. The molecule has 0 aliphatic heterocycles. The van der Waals surface area contributed by atoms with Crippen LogP contribution in [-0.4, -0.2) is 18.3 Å². The van der Waals surface area contributed by atoms with Gasteiger partial charge in [-0.15, -0.1) is 0 Å². The third-order valence-electron chi connectivity index (χ3n) is 18.6. The Balaban J connectivity index is 1.35. The number of aromatic nitrogens is 4. The molecule has 0 radical (unpaired) electrons. The van der Waals surface area contributed by atoms with Crippen LogP contribution in [0.5, 0.6) is 0 Å². The van der Waals surface area contributed by atoms with E-state index in [0.717, 1.165) is 99.6 Å². The van der Waals surface area contributed by atoms with Crippen molar-refractivity contribution in [3.05, 3.63) is 228 Å². The van der Waals surface area contributed by atoms with Crippen molar-refractivity contribution in [1.82, 2.24) is 18.3 Å². The summed E-state index contributed by atoms with van der Waals surface area (Å²) in [6, 6.07) is 76.3. The van der Waals surface area contributed by atoms with E-state index in [2.05, 4.69) is 322 Å². The van der Waals surface area contributed by atoms with Gasteiger partial charge in [-0.25, -0.2) is 0 Å². The van der Waals surface area contributed by atoms with Gasteiger partial charge in [0.25, 0.3) is 0 Å². The lowest BCUT2D eigenvalue weighted by atomic mass is 9.85. The third kappa shape index (κ3) is 8.38. The van der Waals surface area contributed by atoms with E-state index in [1.165, 1.54) is 49.4 Å². The van der Waals surface area contributed by atoms with Crippen molar-refractivity contribution in [1.29, 1.82) is 5.26 Å². The van der Waals surface area contributed by atoms with Crippen molar-refractivity contribution in [2.24, 2.45) is 0 Å². The Labute approximate surface area is 506 Å². The summed E-state index contributed by atoms with van der Waals surface area (Å²) in [6.45, 7) is 34.6. The Morgan fingerprint density at radius 3 is 0.744 bits per heavy atom. The van der Waals surface area contributed by atoms with Crippen LogP contribution >= 0.6 is 0 Å². The Hall–Kier alpha value is -9.11. The van der Waals surface area contributed by atoms with Gasteiger partial charge < -0.3 is 18.3 Å². The molecule has 0 N–H and O–H groups in total. The van der Waals surface area contributed by atoms with Crippen molar-refractivity contribution in [3.8, 4) is 39.9 Å². The average Bonchev–Trinajstić information content (AvgIpc) is 1.42. The van der Waals surface area contributed by atoms with Crippen molar-refractivity contribution in [3.63, 3.8) is 0 Å². The number of nitriles is 1. The van der Waals surface area contributed by atoms with Crippen LogP contribution in [0.2, 0.25) is 0 Å². The molecule has 4 heterocycles. The van der Waals surface area contributed by atoms with Crippen LogP contribution in [0.1, 0.15) is 137 Å². The summed E-state index contributed by atoms with van der Waals surface area (Å²) in [5.74, 6) is 0. The second kappa shape index (κ2) is 18.9. The molecule has 0 atom stereocenters. The quantitative estimate of drug-likeness (QED) is 0.169. The molecule has 5 nitrogen and oxygen atoms in total. The Morgan fingerprint density at radius 1 is 0.256 bits per heavy atom. The molecule has 0 saturated heterocycles. The van der Waals surface area contributed by atoms with Crippen molar-refractivity contribution in [2.75, 3.05) is 0 Å². The first kappa shape index (κ1) is 54.8. The van der Waals surface area contributed by atoms with Crippen LogP contribution in [0.4, 0.5) is 0 Å². The number of fused-ring (bicyclic) bond motifs is 12. The molecule has 4 aromatic heterocycles. The van der Waals surface area contributed by atoms with E-state index in [4.69, 9.17) is 0 Å². The normalized spacial score (nSPS) is 13.0. The zero-order valence-corrected chi connectivity index (χ0v) is 52.7. The fourth-order valence-electron chi connectivity index (χ4n) is 13.8. The van der Waals surface area contributed by atoms with Gasteiger partial charge in [-0.1, -0.05) is 225 Å². The molecule has 0 spiro atoms. The van der Waals surface area contributed by atoms with E-state index in [1.54, 1.807) is 0 Å². The van der Waals surface area contributed by atoms with Gasteiger partial charge in [-0.05, 0) is 133 Å². The summed E-state index contributed by atoms with van der Waals surface area (Å²) in [6.07, 6.45) is 0. The molecule has 426 valence electrons. The monoisotopic (exact) mass is 1120 g/mol.